The summed E-state index contributed by atoms with van der Waals surface area (Å²) in [6.45, 7) is 1.94. The van der Waals surface area contributed by atoms with Crippen LogP contribution in [-0.2, 0) is 9.59 Å². The smallest absolute Gasteiger partial charge is 0.219 e. The van der Waals surface area contributed by atoms with E-state index in [4.69, 9.17) is 46.4 Å². The number of halogens is 4. The van der Waals surface area contributed by atoms with Crippen LogP contribution in [-0.4, -0.2) is 11.6 Å². The molecule has 0 bridgehead atoms. The summed E-state index contributed by atoms with van der Waals surface area (Å²) in [5, 5.41) is 8.77. The first-order valence-electron chi connectivity index (χ1n) is 5.11. The number of pyridine rings is 1. The number of aromatic nitrogens is 1. The Bertz CT molecular complexity index is 537. The van der Waals surface area contributed by atoms with Crippen LogP contribution in [0, 0.1) is 12.1 Å². The van der Waals surface area contributed by atoms with Gasteiger partial charge in [0, 0.05) is 12.1 Å². The lowest BCUT2D eigenvalue weighted by Crippen LogP contribution is -2.23. The first-order valence-corrected chi connectivity index (χ1v) is 6.62. The normalized spacial score (nSPS) is 15.2. The van der Waals surface area contributed by atoms with Crippen LogP contribution < -0.4 is 4.73 Å². The summed E-state index contributed by atoms with van der Waals surface area (Å²) in [5.74, 6) is -1.46. The minimum atomic E-state index is -0.729. The molecule has 1 aromatic rings. The van der Waals surface area contributed by atoms with Gasteiger partial charge in [-0.2, -0.15) is 4.73 Å². The fourth-order valence-electron chi connectivity index (χ4n) is 1.08. The summed E-state index contributed by atoms with van der Waals surface area (Å²) in [5.41, 5.74) is 1.11. The third-order valence-corrected chi connectivity index (χ3v) is 3.79. The Balaban J connectivity index is 0.000000217. The van der Waals surface area contributed by atoms with Crippen molar-refractivity contribution in [3.8, 4) is 0 Å². The SMILES string of the molecule is Cc1cc[n+]([O-])cc1.O=C1C(Cl)=C(Cl)C(=O)C(Cl)=C1Cl. The summed E-state index contributed by atoms with van der Waals surface area (Å²) < 4.78 is 0.771. The number of nitrogens with zero attached hydrogens (tertiary/aromatic N) is 1. The molecule has 0 saturated carbocycles. The number of hydrogen-bond donors (Lipinski definition) is 0. The molecule has 20 heavy (non-hydrogen) atoms. The maximum Gasteiger partial charge on any atom is 0.219 e. The molecule has 1 aliphatic rings. The highest BCUT2D eigenvalue weighted by molar-refractivity contribution is 6.69. The lowest BCUT2D eigenvalue weighted by molar-refractivity contribution is -0.605. The Morgan fingerprint density at radius 2 is 1.15 bits per heavy atom. The van der Waals surface area contributed by atoms with Crippen molar-refractivity contribution < 1.29 is 14.3 Å². The quantitative estimate of drug-likeness (QED) is 0.408. The first kappa shape index (κ1) is 17.0. The molecule has 1 aliphatic carbocycles. The lowest BCUT2D eigenvalue weighted by atomic mass is 10.1. The molecule has 0 radical (unpaired) electrons. The van der Waals surface area contributed by atoms with Gasteiger partial charge >= 0.3 is 0 Å². The van der Waals surface area contributed by atoms with Crippen LogP contribution in [0.1, 0.15) is 5.56 Å². The molecule has 0 unspecified atom stereocenters. The van der Waals surface area contributed by atoms with Gasteiger partial charge in [-0.3, -0.25) is 9.59 Å². The average molecular weight is 355 g/mol. The standard InChI is InChI=1S/C6Cl4O2.C6H7NO/c7-1-2(8)6(12)4(10)3(9)5(1)11;1-6-2-4-7(8)5-3-6/h;2-5H,1H3. The summed E-state index contributed by atoms with van der Waals surface area (Å²) >= 11 is 21.5. The molecule has 0 saturated heterocycles. The van der Waals surface area contributed by atoms with E-state index in [0.717, 1.165) is 10.3 Å². The summed E-state index contributed by atoms with van der Waals surface area (Å²) in [7, 11) is 0. The monoisotopic (exact) mass is 353 g/mol. The number of carbonyl (C=O) groups excluding carboxylic acids is 2. The fraction of sp³-hybridized carbons (Fsp3) is 0.0833. The zero-order valence-electron chi connectivity index (χ0n) is 9.99. The predicted octanol–water partition coefficient (Wildman–Crippen LogP) is 3.15. The number of carbonyl (C=O) groups is 2. The van der Waals surface area contributed by atoms with E-state index in [1.165, 1.54) is 12.4 Å². The van der Waals surface area contributed by atoms with Crippen molar-refractivity contribution in [1.82, 2.24) is 0 Å². The maximum absolute atomic E-state index is 11.0. The van der Waals surface area contributed by atoms with E-state index in [-0.39, 0.29) is 0 Å². The molecule has 0 aromatic carbocycles. The van der Waals surface area contributed by atoms with Crippen LogP contribution in [0.4, 0.5) is 0 Å². The molecule has 0 fully saturated rings. The van der Waals surface area contributed by atoms with Crippen molar-refractivity contribution in [3.63, 3.8) is 0 Å². The van der Waals surface area contributed by atoms with E-state index >= 15 is 0 Å². The van der Waals surface area contributed by atoms with Crippen LogP contribution in [0.5, 0.6) is 0 Å². The molecule has 2 rings (SSSR count). The van der Waals surface area contributed by atoms with Gasteiger partial charge in [-0.1, -0.05) is 46.4 Å². The van der Waals surface area contributed by atoms with Crippen LogP contribution in [0.15, 0.2) is 44.7 Å². The Kier molecular flexibility index (Phi) is 6.02. The first-order chi connectivity index (χ1) is 9.25. The Labute approximate surface area is 134 Å². The van der Waals surface area contributed by atoms with Gasteiger partial charge in [0.1, 0.15) is 20.1 Å². The van der Waals surface area contributed by atoms with Gasteiger partial charge in [-0.25, -0.2) is 0 Å². The van der Waals surface area contributed by atoms with Crippen molar-refractivity contribution in [1.29, 1.82) is 0 Å². The molecule has 4 nitrogen and oxygen atoms in total. The van der Waals surface area contributed by atoms with Gasteiger partial charge in [0.2, 0.25) is 11.6 Å². The van der Waals surface area contributed by atoms with Gasteiger partial charge in [0.05, 0.1) is 0 Å². The minimum absolute atomic E-state index is 0.393. The van der Waals surface area contributed by atoms with Crippen molar-refractivity contribution in [2.24, 2.45) is 0 Å². The third kappa shape index (κ3) is 3.96. The highest BCUT2D eigenvalue weighted by atomic mass is 35.5. The highest BCUT2D eigenvalue weighted by Gasteiger charge is 2.31. The van der Waals surface area contributed by atoms with E-state index < -0.39 is 31.7 Å². The zero-order chi connectivity index (χ0) is 15.4. The van der Waals surface area contributed by atoms with Crippen LogP contribution in [0.3, 0.4) is 0 Å². The number of ketones is 2. The van der Waals surface area contributed by atoms with Crippen molar-refractivity contribution in [2.75, 3.05) is 0 Å². The molecular weight excluding hydrogens is 348 g/mol. The second kappa shape index (κ2) is 7.09. The van der Waals surface area contributed by atoms with Crippen molar-refractivity contribution in [2.45, 2.75) is 6.92 Å². The molecule has 1 aromatic heterocycles. The van der Waals surface area contributed by atoms with E-state index in [0.29, 0.717) is 0 Å². The zero-order valence-corrected chi connectivity index (χ0v) is 13.0. The Morgan fingerprint density at radius 1 is 0.850 bits per heavy atom. The lowest BCUT2D eigenvalue weighted by Gasteiger charge is -2.08. The maximum atomic E-state index is 11.0. The third-order valence-electron chi connectivity index (χ3n) is 2.15. The molecule has 8 heteroatoms. The summed E-state index contributed by atoms with van der Waals surface area (Å²) in [6.07, 6.45) is 2.96. The summed E-state index contributed by atoms with van der Waals surface area (Å²) in [6, 6.07) is 3.54. The minimum Gasteiger partial charge on any atom is -0.619 e. The topological polar surface area (TPSA) is 61.1 Å². The second-order valence-corrected chi connectivity index (χ2v) is 5.16. The van der Waals surface area contributed by atoms with Crippen LogP contribution in [0.25, 0.3) is 0 Å². The summed E-state index contributed by atoms with van der Waals surface area (Å²) in [4.78, 5) is 22.0. The second-order valence-electron chi connectivity index (χ2n) is 3.65. The van der Waals surface area contributed by atoms with E-state index in [9.17, 15) is 14.8 Å². The largest absolute Gasteiger partial charge is 0.619 e. The van der Waals surface area contributed by atoms with Crippen LogP contribution >= 0.6 is 46.4 Å². The molecule has 0 atom stereocenters. The van der Waals surface area contributed by atoms with Gasteiger partial charge in [0.15, 0.2) is 12.4 Å². The number of allylic oxidation sites excluding steroid dienone is 4. The Morgan fingerprint density at radius 3 is 1.40 bits per heavy atom. The highest BCUT2D eigenvalue weighted by Crippen LogP contribution is 2.32. The molecule has 0 spiro atoms. The number of aryl methyl sites for hydroxylation is 1. The van der Waals surface area contributed by atoms with Gasteiger partial charge < -0.3 is 5.21 Å². The number of Topliss-reactive ketones (excluding diaryl/α,β-unsaturated/α-hetero) is 2. The van der Waals surface area contributed by atoms with E-state index in [1.807, 2.05) is 6.92 Å². The van der Waals surface area contributed by atoms with Gasteiger partial charge in [-0.05, 0) is 12.5 Å². The van der Waals surface area contributed by atoms with E-state index in [2.05, 4.69) is 0 Å². The predicted molar refractivity (Wildman–Crippen MR) is 77.6 cm³/mol. The number of rotatable bonds is 0. The molecule has 0 N–H and O–H groups in total. The van der Waals surface area contributed by atoms with Gasteiger partial charge in [-0.15, -0.1) is 0 Å². The molecule has 0 amide bonds. The van der Waals surface area contributed by atoms with E-state index in [1.54, 1.807) is 12.1 Å². The number of hydrogen-bond acceptors (Lipinski definition) is 3. The van der Waals surface area contributed by atoms with Gasteiger partial charge in [0.25, 0.3) is 0 Å². The Hall–Kier alpha value is -1.07. The van der Waals surface area contributed by atoms with Crippen molar-refractivity contribution >= 4 is 58.0 Å². The fourth-order valence-corrected chi connectivity index (χ4v) is 1.90. The molecule has 0 aliphatic heterocycles. The molecular formula is C12H7Cl4NO3. The van der Waals surface area contributed by atoms with Crippen LogP contribution in [0.2, 0.25) is 0 Å². The molecule has 1 heterocycles. The molecule has 106 valence electrons. The average Bonchev–Trinajstić information content (AvgIpc) is 2.45. The van der Waals surface area contributed by atoms with Crippen molar-refractivity contribution in [3.05, 3.63) is 55.4 Å².